The van der Waals surface area contributed by atoms with Crippen LogP contribution in [0.2, 0.25) is 0 Å². The van der Waals surface area contributed by atoms with Gasteiger partial charge in [0.25, 0.3) is 0 Å². The molecule has 1 N–H and O–H groups in total. The van der Waals surface area contributed by atoms with Gasteiger partial charge in [-0.1, -0.05) is 0 Å². The molecular weight excluding hydrogens is 278 g/mol. The second-order valence-corrected chi connectivity index (χ2v) is 6.29. The van der Waals surface area contributed by atoms with Crippen molar-refractivity contribution in [2.75, 3.05) is 25.5 Å². The third-order valence-electron chi connectivity index (χ3n) is 4.78. The number of hydrogen-bond donors (Lipinski definition) is 1. The second kappa shape index (κ2) is 6.99. The smallest absolute Gasteiger partial charge is 0.225 e. The highest BCUT2D eigenvalue weighted by Crippen LogP contribution is 2.32. The summed E-state index contributed by atoms with van der Waals surface area (Å²) in [5.41, 5.74) is 0. The molecule has 1 amide bonds. The molecule has 120 valence electrons. The van der Waals surface area contributed by atoms with Crippen LogP contribution in [0.4, 0.5) is 5.82 Å². The zero-order valence-corrected chi connectivity index (χ0v) is 13.3. The van der Waals surface area contributed by atoms with Crippen molar-refractivity contribution < 1.29 is 9.53 Å². The molecule has 0 spiro atoms. The summed E-state index contributed by atoms with van der Waals surface area (Å²) in [5.74, 6) is 2.07. The average Bonchev–Trinajstić information content (AvgIpc) is 3.04. The van der Waals surface area contributed by atoms with E-state index in [-0.39, 0.29) is 5.92 Å². The topological polar surface area (TPSA) is 54.5 Å². The van der Waals surface area contributed by atoms with Crippen LogP contribution >= 0.6 is 0 Å². The third-order valence-corrected chi connectivity index (χ3v) is 4.78. The first kappa shape index (κ1) is 15.1. The van der Waals surface area contributed by atoms with Gasteiger partial charge >= 0.3 is 0 Å². The van der Waals surface area contributed by atoms with Gasteiger partial charge in [0.15, 0.2) is 11.6 Å². The van der Waals surface area contributed by atoms with Gasteiger partial charge in [-0.3, -0.25) is 4.79 Å². The molecule has 2 atom stereocenters. The van der Waals surface area contributed by atoms with Gasteiger partial charge in [0.2, 0.25) is 5.91 Å². The summed E-state index contributed by atoms with van der Waals surface area (Å²) in [5, 5.41) is 3.44. The first-order valence-corrected chi connectivity index (χ1v) is 8.32. The molecule has 22 heavy (non-hydrogen) atoms. The number of ether oxygens (including phenoxy) is 1. The predicted octanol–water partition coefficient (Wildman–Crippen LogP) is 2.68. The number of rotatable bonds is 4. The van der Waals surface area contributed by atoms with Gasteiger partial charge in [-0.05, 0) is 50.7 Å². The zero-order valence-electron chi connectivity index (χ0n) is 13.3. The summed E-state index contributed by atoms with van der Waals surface area (Å²) >= 11 is 0. The lowest BCUT2D eigenvalue weighted by molar-refractivity contribution is -0.136. The van der Waals surface area contributed by atoms with Crippen LogP contribution in [0.1, 0.15) is 38.5 Å². The van der Waals surface area contributed by atoms with Crippen molar-refractivity contribution in [1.29, 1.82) is 0 Å². The average molecular weight is 303 g/mol. The van der Waals surface area contributed by atoms with Crippen molar-refractivity contribution in [1.82, 2.24) is 9.88 Å². The number of pyridine rings is 1. The fourth-order valence-electron chi connectivity index (χ4n) is 3.57. The molecule has 0 unspecified atom stereocenters. The predicted molar refractivity (Wildman–Crippen MR) is 86.0 cm³/mol. The van der Waals surface area contributed by atoms with Crippen LogP contribution in [0.25, 0.3) is 0 Å². The highest BCUT2D eigenvalue weighted by Gasteiger charge is 2.33. The molecule has 5 heteroatoms. The number of nitrogens with zero attached hydrogens (tertiary/aromatic N) is 2. The second-order valence-electron chi connectivity index (χ2n) is 6.29. The van der Waals surface area contributed by atoms with E-state index in [2.05, 4.69) is 15.2 Å². The van der Waals surface area contributed by atoms with E-state index in [1.807, 2.05) is 12.1 Å². The Morgan fingerprint density at radius 2 is 2.14 bits per heavy atom. The van der Waals surface area contributed by atoms with Crippen LogP contribution in [0.15, 0.2) is 18.3 Å². The van der Waals surface area contributed by atoms with Crippen LogP contribution in [-0.2, 0) is 4.79 Å². The Kier molecular flexibility index (Phi) is 4.80. The van der Waals surface area contributed by atoms with Crippen molar-refractivity contribution in [3.63, 3.8) is 0 Å². The Balaban J connectivity index is 1.56. The Labute approximate surface area is 132 Å². The van der Waals surface area contributed by atoms with Crippen molar-refractivity contribution >= 4 is 11.7 Å². The molecule has 1 aliphatic heterocycles. The number of piperidine rings is 1. The first-order valence-electron chi connectivity index (χ1n) is 8.32. The highest BCUT2D eigenvalue weighted by atomic mass is 16.5. The fourth-order valence-corrected chi connectivity index (χ4v) is 3.57. The van der Waals surface area contributed by atoms with Crippen LogP contribution in [0, 0.1) is 5.92 Å². The lowest BCUT2D eigenvalue weighted by Gasteiger charge is -2.29. The van der Waals surface area contributed by atoms with Crippen LogP contribution in [-0.4, -0.2) is 42.0 Å². The zero-order chi connectivity index (χ0) is 15.4. The van der Waals surface area contributed by atoms with Crippen molar-refractivity contribution in [2.45, 2.75) is 44.6 Å². The molecule has 0 radical (unpaired) electrons. The number of carbonyl (C=O) groups is 1. The summed E-state index contributed by atoms with van der Waals surface area (Å²) in [6.07, 6.45) is 8.23. The van der Waals surface area contributed by atoms with E-state index in [4.69, 9.17) is 4.74 Å². The number of hydrogen-bond acceptors (Lipinski definition) is 4. The van der Waals surface area contributed by atoms with E-state index in [1.54, 1.807) is 13.3 Å². The van der Waals surface area contributed by atoms with Crippen molar-refractivity contribution in [3.05, 3.63) is 18.3 Å². The summed E-state index contributed by atoms with van der Waals surface area (Å²) in [4.78, 5) is 19.0. The van der Waals surface area contributed by atoms with Gasteiger partial charge in [-0.25, -0.2) is 4.98 Å². The molecule has 2 aliphatic rings. The van der Waals surface area contributed by atoms with Gasteiger partial charge in [-0.15, -0.1) is 0 Å². The van der Waals surface area contributed by atoms with E-state index in [0.29, 0.717) is 11.9 Å². The van der Waals surface area contributed by atoms with Gasteiger partial charge in [-0.2, -0.15) is 0 Å². The number of carbonyl (C=O) groups excluding carboxylic acids is 1. The Hall–Kier alpha value is -1.78. The highest BCUT2D eigenvalue weighted by molar-refractivity contribution is 5.79. The van der Waals surface area contributed by atoms with E-state index in [0.717, 1.165) is 56.8 Å². The van der Waals surface area contributed by atoms with Gasteiger partial charge in [0, 0.05) is 31.2 Å². The van der Waals surface area contributed by atoms with Crippen LogP contribution < -0.4 is 10.1 Å². The van der Waals surface area contributed by atoms with E-state index in [1.165, 1.54) is 6.42 Å². The number of anilines is 1. The Morgan fingerprint density at radius 1 is 1.32 bits per heavy atom. The summed E-state index contributed by atoms with van der Waals surface area (Å²) in [6, 6.07) is 4.07. The molecule has 2 fully saturated rings. The Morgan fingerprint density at radius 3 is 2.91 bits per heavy atom. The molecule has 1 aliphatic carbocycles. The largest absolute Gasteiger partial charge is 0.493 e. The maximum atomic E-state index is 12.6. The minimum absolute atomic E-state index is 0.172. The molecule has 1 saturated heterocycles. The summed E-state index contributed by atoms with van der Waals surface area (Å²) < 4.78 is 5.32. The maximum absolute atomic E-state index is 12.6. The Bertz CT molecular complexity index is 514. The van der Waals surface area contributed by atoms with Gasteiger partial charge in [0.1, 0.15) is 0 Å². The standard InChI is InChI=1S/C17H25N3O2/c1-22-15-6-5-9-18-16(15)19-14-8-7-13(12-14)17(21)20-10-3-2-4-11-20/h5-6,9,13-14H,2-4,7-8,10-12H2,1H3,(H,18,19)/t13-,14+/m1/s1. The third kappa shape index (κ3) is 3.34. The SMILES string of the molecule is COc1cccnc1N[C@H]1CC[C@@H](C(=O)N2CCCCC2)C1. The number of aromatic nitrogens is 1. The molecule has 3 rings (SSSR count). The molecular formula is C17H25N3O2. The van der Waals surface area contributed by atoms with Gasteiger partial charge in [0.05, 0.1) is 7.11 Å². The normalized spacial score (nSPS) is 25.0. The quantitative estimate of drug-likeness (QED) is 0.929. The lowest BCUT2D eigenvalue weighted by atomic mass is 10.0. The molecule has 1 saturated carbocycles. The minimum Gasteiger partial charge on any atom is -0.493 e. The maximum Gasteiger partial charge on any atom is 0.225 e. The lowest BCUT2D eigenvalue weighted by Crippen LogP contribution is -2.39. The minimum atomic E-state index is 0.172. The molecule has 2 heterocycles. The molecule has 0 aromatic carbocycles. The number of likely N-dealkylation sites (tertiary alicyclic amines) is 1. The molecule has 0 bridgehead atoms. The molecule has 1 aromatic heterocycles. The van der Waals surface area contributed by atoms with E-state index < -0.39 is 0 Å². The number of amides is 1. The van der Waals surface area contributed by atoms with Crippen molar-refractivity contribution in [2.24, 2.45) is 5.92 Å². The van der Waals surface area contributed by atoms with E-state index >= 15 is 0 Å². The van der Waals surface area contributed by atoms with Crippen molar-refractivity contribution in [3.8, 4) is 5.75 Å². The summed E-state index contributed by atoms with van der Waals surface area (Å²) in [7, 11) is 1.65. The summed E-state index contributed by atoms with van der Waals surface area (Å²) in [6.45, 7) is 1.89. The first-order chi connectivity index (χ1) is 10.8. The van der Waals surface area contributed by atoms with E-state index in [9.17, 15) is 4.79 Å². The monoisotopic (exact) mass is 303 g/mol. The van der Waals surface area contributed by atoms with Gasteiger partial charge < -0.3 is 15.0 Å². The number of methoxy groups -OCH3 is 1. The fraction of sp³-hybridized carbons (Fsp3) is 0.647. The molecule has 1 aromatic rings. The molecule has 5 nitrogen and oxygen atoms in total. The van der Waals surface area contributed by atoms with Crippen LogP contribution in [0.3, 0.4) is 0 Å². The number of nitrogens with one attached hydrogen (secondary N) is 1. The van der Waals surface area contributed by atoms with Crippen LogP contribution in [0.5, 0.6) is 5.75 Å².